The van der Waals surface area contributed by atoms with Crippen molar-refractivity contribution < 1.29 is 13.9 Å². The highest BCUT2D eigenvalue weighted by molar-refractivity contribution is 7.98. The Morgan fingerprint density at radius 1 is 1.44 bits per heavy atom. The molecule has 2 rings (SSSR count). The number of aromatic nitrogens is 3. The van der Waals surface area contributed by atoms with E-state index in [0.717, 1.165) is 17.3 Å². The van der Waals surface area contributed by atoms with Crippen LogP contribution in [0.4, 0.5) is 0 Å². The fraction of sp³-hybridized carbons (Fsp3) is 0.273. The molecule has 0 fully saturated rings. The Morgan fingerprint density at radius 3 is 2.83 bits per heavy atom. The van der Waals surface area contributed by atoms with Crippen LogP contribution >= 0.6 is 11.8 Å². The van der Waals surface area contributed by atoms with Crippen LogP contribution in [0.15, 0.2) is 33.5 Å². The van der Waals surface area contributed by atoms with Gasteiger partial charge in [-0.05, 0) is 19.4 Å². The normalized spacial score (nSPS) is 10.3. The summed E-state index contributed by atoms with van der Waals surface area (Å²) >= 11 is 1.14. The molecule has 0 saturated carbocycles. The van der Waals surface area contributed by atoms with Crippen molar-refractivity contribution in [2.24, 2.45) is 0 Å². The van der Waals surface area contributed by atoms with Crippen LogP contribution in [-0.2, 0) is 4.74 Å². The maximum Gasteiger partial charge on any atom is 0.360 e. The molecule has 18 heavy (non-hydrogen) atoms. The third-order valence-electron chi connectivity index (χ3n) is 1.90. The molecule has 0 spiro atoms. The number of rotatable bonds is 4. The third-order valence-corrected chi connectivity index (χ3v) is 2.66. The van der Waals surface area contributed by atoms with E-state index in [1.807, 2.05) is 6.92 Å². The van der Waals surface area contributed by atoms with Crippen LogP contribution in [0.25, 0.3) is 0 Å². The molecule has 0 aliphatic heterocycles. The Bertz CT molecular complexity index is 539. The zero-order valence-corrected chi connectivity index (χ0v) is 10.7. The number of aryl methyl sites for hydroxylation is 1. The fourth-order valence-electron chi connectivity index (χ4n) is 1.11. The largest absolute Gasteiger partial charge is 0.461 e. The van der Waals surface area contributed by atoms with Crippen LogP contribution in [-0.4, -0.2) is 27.5 Å². The quantitative estimate of drug-likeness (QED) is 0.618. The van der Waals surface area contributed by atoms with Gasteiger partial charge in [-0.25, -0.2) is 14.8 Å². The van der Waals surface area contributed by atoms with E-state index in [1.165, 1.54) is 6.26 Å². The summed E-state index contributed by atoms with van der Waals surface area (Å²) < 4.78 is 9.94. The minimum Gasteiger partial charge on any atom is -0.461 e. The second-order valence-corrected chi connectivity index (χ2v) is 4.28. The van der Waals surface area contributed by atoms with Gasteiger partial charge in [0.1, 0.15) is 6.26 Å². The fourth-order valence-corrected chi connectivity index (χ4v) is 1.72. The molecule has 2 heterocycles. The second-order valence-electron chi connectivity index (χ2n) is 3.36. The molecule has 2 aromatic heterocycles. The van der Waals surface area contributed by atoms with Gasteiger partial charge in [0.15, 0.2) is 10.9 Å². The average molecular weight is 265 g/mol. The van der Waals surface area contributed by atoms with Crippen molar-refractivity contribution in [3.05, 3.63) is 29.9 Å². The minimum atomic E-state index is -0.502. The van der Waals surface area contributed by atoms with Gasteiger partial charge in [0, 0.05) is 24.2 Å². The number of ether oxygens (including phenoxy) is 1. The number of carbonyl (C=O) groups is 1. The molecule has 2 aromatic rings. The molecular weight excluding hydrogens is 254 g/mol. The summed E-state index contributed by atoms with van der Waals surface area (Å²) in [6.45, 7) is 3.93. The summed E-state index contributed by atoms with van der Waals surface area (Å²) in [6, 6.07) is 0. The molecule has 0 saturated heterocycles. The maximum absolute atomic E-state index is 11.4. The molecule has 0 amide bonds. The molecule has 0 aliphatic rings. The van der Waals surface area contributed by atoms with Crippen LogP contribution in [0.1, 0.15) is 23.0 Å². The number of nitrogens with zero attached hydrogens (tertiary/aromatic N) is 3. The Balaban J connectivity index is 2.06. The first-order chi connectivity index (χ1) is 8.69. The number of oxazole rings is 1. The van der Waals surface area contributed by atoms with Gasteiger partial charge in [0.05, 0.1) is 6.61 Å². The highest BCUT2D eigenvalue weighted by Gasteiger charge is 2.14. The SMILES string of the molecule is CCOC(=O)c1coc(Sc2ncc(C)cn2)n1. The van der Waals surface area contributed by atoms with Crippen molar-refractivity contribution in [3.63, 3.8) is 0 Å². The number of carbonyl (C=O) groups excluding carboxylic acids is 1. The molecule has 94 valence electrons. The molecule has 0 aliphatic carbocycles. The average Bonchev–Trinajstić information content (AvgIpc) is 2.81. The standard InChI is InChI=1S/C11H11N3O3S/c1-3-16-9(15)8-6-17-11(14-8)18-10-12-4-7(2)5-13-10/h4-6H,3H2,1-2H3. The summed E-state index contributed by atoms with van der Waals surface area (Å²) in [5, 5.41) is 0.819. The van der Waals surface area contributed by atoms with Gasteiger partial charge in [-0.2, -0.15) is 4.98 Å². The van der Waals surface area contributed by atoms with Crippen molar-refractivity contribution in [2.75, 3.05) is 6.61 Å². The van der Waals surface area contributed by atoms with E-state index in [2.05, 4.69) is 15.0 Å². The van der Waals surface area contributed by atoms with Gasteiger partial charge in [-0.15, -0.1) is 0 Å². The van der Waals surface area contributed by atoms with Crippen molar-refractivity contribution in [3.8, 4) is 0 Å². The summed E-state index contributed by atoms with van der Waals surface area (Å²) in [6.07, 6.45) is 4.66. The van der Waals surface area contributed by atoms with Crippen LogP contribution in [0.2, 0.25) is 0 Å². The molecule has 6 nitrogen and oxygen atoms in total. The van der Waals surface area contributed by atoms with Gasteiger partial charge >= 0.3 is 5.97 Å². The van der Waals surface area contributed by atoms with Gasteiger partial charge in [0.2, 0.25) is 0 Å². The first-order valence-corrected chi connectivity index (χ1v) is 6.10. The lowest BCUT2D eigenvalue weighted by atomic mass is 10.4. The monoisotopic (exact) mass is 265 g/mol. The van der Waals surface area contributed by atoms with Crippen molar-refractivity contribution >= 4 is 17.7 Å². The molecule has 7 heteroatoms. The molecular formula is C11H11N3O3S. The zero-order chi connectivity index (χ0) is 13.0. The van der Waals surface area contributed by atoms with E-state index in [9.17, 15) is 4.79 Å². The van der Waals surface area contributed by atoms with Crippen LogP contribution in [0, 0.1) is 6.92 Å². The summed E-state index contributed by atoms with van der Waals surface area (Å²) in [4.78, 5) is 23.6. The Labute approximate surface area is 108 Å². The Morgan fingerprint density at radius 2 is 2.17 bits per heavy atom. The van der Waals surface area contributed by atoms with Crippen LogP contribution in [0.5, 0.6) is 0 Å². The van der Waals surface area contributed by atoms with E-state index >= 15 is 0 Å². The van der Waals surface area contributed by atoms with Gasteiger partial charge in [0.25, 0.3) is 5.22 Å². The van der Waals surface area contributed by atoms with E-state index in [4.69, 9.17) is 9.15 Å². The highest BCUT2D eigenvalue weighted by atomic mass is 32.2. The predicted molar refractivity (Wildman–Crippen MR) is 63.4 cm³/mol. The second kappa shape index (κ2) is 5.63. The lowest BCUT2D eigenvalue weighted by molar-refractivity contribution is 0.0519. The molecule has 0 aromatic carbocycles. The van der Waals surface area contributed by atoms with Gasteiger partial charge in [-0.1, -0.05) is 0 Å². The van der Waals surface area contributed by atoms with E-state index in [0.29, 0.717) is 17.0 Å². The van der Waals surface area contributed by atoms with Gasteiger partial charge in [-0.3, -0.25) is 0 Å². The molecule has 0 N–H and O–H groups in total. The van der Waals surface area contributed by atoms with Crippen molar-refractivity contribution in [1.29, 1.82) is 0 Å². The first-order valence-electron chi connectivity index (χ1n) is 5.28. The lowest BCUT2D eigenvalue weighted by Crippen LogP contribution is -2.04. The Hall–Kier alpha value is -1.89. The van der Waals surface area contributed by atoms with Crippen molar-refractivity contribution in [1.82, 2.24) is 15.0 Å². The van der Waals surface area contributed by atoms with Crippen LogP contribution in [0.3, 0.4) is 0 Å². The highest BCUT2D eigenvalue weighted by Crippen LogP contribution is 2.23. The Kier molecular flexibility index (Phi) is 3.93. The van der Waals surface area contributed by atoms with Gasteiger partial charge < -0.3 is 9.15 Å². The third kappa shape index (κ3) is 3.07. The topological polar surface area (TPSA) is 78.1 Å². The number of esters is 1. The molecule has 0 radical (unpaired) electrons. The lowest BCUT2D eigenvalue weighted by Gasteiger charge is -1.95. The molecule has 0 bridgehead atoms. The number of hydrogen-bond donors (Lipinski definition) is 0. The molecule has 0 unspecified atom stereocenters. The van der Waals surface area contributed by atoms with Crippen LogP contribution < -0.4 is 0 Å². The molecule has 0 atom stereocenters. The zero-order valence-electron chi connectivity index (χ0n) is 9.91. The smallest absolute Gasteiger partial charge is 0.360 e. The maximum atomic E-state index is 11.4. The minimum absolute atomic E-state index is 0.145. The van der Waals surface area contributed by atoms with E-state index in [1.54, 1.807) is 19.3 Å². The summed E-state index contributed by atoms with van der Waals surface area (Å²) in [5.41, 5.74) is 1.12. The van der Waals surface area contributed by atoms with E-state index in [-0.39, 0.29) is 5.69 Å². The predicted octanol–water partition coefficient (Wildman–Crippen LogP) is 2.10. The summed E-state index contributed by atoms with van der Waals surface area (Å²) in [7, 11) is 0. The van der Waals surface area contributed by atoms with Crippen molar-refractivity contribution in [2.45, 2.75) is 24.2 Å². The van der Waals surface area contributed by atoms with E-state index < -0.39 is 5.97 Å². The first kappa shape index (κ1) is 12.6. The summed E-state index contributed by atoms with van der Waals surface area (Å²) in [5.74, 6) is -0.502. The number of hydrogen-bond acceptors (Lipinski definition) is 7.